The summed E-state index contributed by atoms with van der Waals surface area (Å²) in [6, 6.07) is 13.5. The third kappa shape index (κ3) is 5.26. The standard InChI is InChI=1S/C21H24N6O/c1-4-14(2)23-21-26-19(16-9-11-22-12-10-16)13-20(27-21)25-18-7-5-17(6-8-18)24-15(3)28/h5-14H,4H2,1-3H3,(H,24,28)(H2,23,25,26,27)/t14-/m1/s1. The van der Waals surface area contributed by atoms with Crippen molar-refractivity contribution in [2.75, 3.05) is 16.0 Å². The van der Waals surface area contributed by atoms with Crippen LogP contribution in [0.5, 0.6) is 0 Å². The molecule has 2 aromatic heterocycles. The lowest BCUT2D eigenvalue weighted by molar-refractivity contribution is -0.114. The summed E-state index contributed by atoms with van der Waals surface area (Å²) in [6.07, 6.45) is 4.45. The Morgan fingerprint density at radius 3 is 2.36 bits per heavy atom. The molecule has 0 bridgehead atoms. The second-order valence-electron chi connectivity index (χ2n) is 6.54. The number of rotatable bonds is 7. The summed E-state index contributed by atoms with van der Waals surface area (Å²) in [5, 5.41) is 9.40. The fraction of sp³-hybridized carbons (Fsp3) is 0.238. The van der Waals surface area contributed by atoms with E-state index in [0.717, 1.165) is 29.1 Å². The molecule has 1 atom stereocenters. The number of pyridine rings is 1. The van der Waals surface area contributed by atoms with Gasteiger partial charge in [-0.3, -0.25) is 9.78 Å². The van der Waals surface area contributed by atoms with Gasteiger partial charge in [0.25, 0.3) is 0 Å². The monoisotopic (exact) mass is 376 g/mol. The first-order chi connectivity index (χ1) is 13.5. The Bertz CT molecular complexity index is 927. The molecule has 3 rings (SSSR count). The smallest absolute Gasteiger partial charge is 0.225 e. The molecule has 0 aliphatic rings. The molecule has 0 spiro atoms. The molecule has 0 aliphatic carbocycles. The van der Waals surface area contributed by atoms with E-state index in [4.69, 9.17) is 0 Å². The van der Waals surface area contributed by atoms with Crippen molar-refractivity contribution < 1.29 is 4.79 Å². The molecule has 0 saturated carbocycles. The zero-order valence-corrected chi connectivity index (χ0v) is 16.2. The van der Waals surface area contributed by atoms with Gasteiger partial charge in [-0.05, 0) is 49.7 Å². The fourth-order valence-electron chi connectivity index (χ4n) is 2.56. The molecule has 2 heterocycles. The third-order valence-corrected chi connectivity index (χ3v) is 4.17. The number of hydrogen-bond acceptors (Lipinski definition) is 6. The molecule has 1 aromatic carbocycles. The number of amides is 1. The maximum Gasteiger partial charge on any atom is 0.225 e. The van der Waals surface area contributed by atoms with Crippen molar-refractivity contribution in [3.05, 3.63) is 54.9 Å². The summed E-state index contributed by atoms with van der Waals surface area (Å²) in [6.45, 7) is 5.69. The van der Waals surface area contributed by atoms with E-state index in [1.54, 1.807) is 12.4 Å². The highest BCUT2D eigenvalue weighted by molar-refractivity contribution is 5.88. The lowest BCUT2D eigenvalue weighted by Crippen LogP contribution is -2.16. The Morgan fingerprint density at radius 2 is 1.71 bits per heavy atom. The summed E-state index contributed by atoms with van der Waals surface area (Å²) in [4.78, 5) is 24.5. The lowest BCUT2D eigenvalue weighted by Gasteiger charge is -2.15. The molecule has 7 heteroatoms. The number of aromatic nitrogens is 3. The van der Waals surface area contributed by atoms with Gasteiger partial charge >= 0.3 is 0 Å². The van der Waals surface area contributed by atoms with Gasteiger partial charge in [-0.15, -0.1) is 0 Å². The summed E-state index contributed by atoms with van der Waals surface area (Å²) in [5.41, 5.74) is 3.38. The first kappa shape index (κ1) is 19.3. The number of nitrogens with one attached hydrogen (secondary N) is 3. The van der Waals surface area contributed by atoms with Gasteiger partial charge in [0.2, 0.25) is 11.9 Å². The number of carbonyl (C=O) groups is 1. The van der Waals surface area contributed by atoms with Crippen LogP contribution in [0.2, 0.25) is 0 Å². The molecule has 28 heavy (non-hydrogen) atoms. The minimum atomic E-state index is -0.0979. The van der Waals surface area contributed by atoms with Crippen molar-refractivity contribution in [3.8, 4) is 11.3 Å². The zero-order chi connectivity index (χ0) is 19.9. The Kier molecular flexibility index (Phi) is 6.16. The van der Waals surface area contributed by atoms with E-state index in [1.807, 2.05) is 42.5 Å². The average molecular weight is 376 g/mol. The highest BCUT2D eigenvalue weighted by Gasteiger charge is 2.09. The predicted molar refractivity (Wildman–Crippen MR) is 113 cm³/mol. The van der Waals surface area contributed by atoms with E-state index in [-0.39, 0.29) is 11.9 Å². The molecule has 0 unspecified atom stereocenters. The number of nitrogens with zero attached hydrogens (tertiary/aromatic N) is 3. The van der Waals surface area contributed by atoms with Gasteiger partial charge in [0, 0.05) is 48.4 Å². The SMILES string of the molecule is CC[C@@H](C)Nc1nc(Nc2ccc(NC(C)=O)cc2)cc(-c2ccncc2)n1. The predicted octanol–water partition coefficient (Wildman–Crippen LogP) is 4.45. The van der Waals surface area contributed by atoms with Crippen molar-refractivity contribution >= 4 is 29.0 Å². The van der Waals surface area contributed by atoms with E-state index in [1.165, 1.54) is 6.92 Å². The number of hydrogen-bond donors (Lipinski definition) is 3. The highest BCUT2D eigenvalue weighted by Crippen LogP contribution is 2.24. The molecule has 3 N–H and O–H groups in total. The molecular weight excluding hydrogens is 352 g/mol. The van der Waals surface area contributed by atoms with Crippen LogP contribution in [0.25, 0.3) is 11.3 Å². The van der Waals surface area contributed by atoms with Crippen LogP contribution >= 0.6 is 0 Å². The molecule has 0 radical (unpaired) electrons. The van der Waals surface area contributed by atoms with Crippen LogP contribution in [0.4, 0.5) is 23.1 Å². The fourth-order valence-corrected chi connectivity index (χ4v) is 2.56. The number of carbonyl (C=O) groups excluding carboxylic acids is 1. The van der Waals surface area contributed by atoms with Crippen LogP contribution in [0, 0.1) is 0 Å². The minimum absolute atomic E-state index is 0.0979. The first-order valence-corrected chi connectivity index (χ1v) is 9.24. The normalized spacial score (nSPS) is 11.5. The lowest BCUT2D eigenvalue weighted by atomic mass is 10.2. The molecule has 3 aromatic rings. The van der Waals surface area contributed by atoms with Gasteiger partial charge in [0.1, 0.15) is 5.82 Å². The van der Waals surface area contributed by atoms with Crippen LogP contribution in [-0.2, 0) is 4.79 Å². The van der Waals surface area contributed by atoms with Gasteiger partial charge in [0.05, 0.1) is 5.69 Å². The molecular formula is C21H24N6O. The molecule has 0 fully saturated rings. The molecule has 144 valence electrons. The Labute approximate surface area is 164 Å². The summed E-state index contributed by atoms with van der Waals surface area (Å²) in [7, 11) is 0. The van der Waals surface area contributed by atoms with Gasteiger partial charge in [-0.1, -0.05) is 6.92 Å². The Balaban J connectivity index is 1.88. The van der Waals surface area contributed by atoms with E-state index >= 15 is 0 Å². The van der Waals surface area contributed by atoms with E-state index in [9.17, 15) is 4.79 Å². The zero-order valence-electron chi connectivity index (χ0n) is 16.2. The van der Waals surface area contributed by atoms with E-state index < -0.39 is 0 Å². The third-order valence-electron chi connectivity index (χ3n) is 4.17. The van der Waals surface area contributed by atoms with Gasteiger partial charge in [-0.2, -0.15) is 4.98 Å². The van der Waals surface area contributed by atoms with E-state index in [2.05, 4.69) is 44.7 Å². The van der Waals surface area contributed by atoms with Gasteiger partial charge in [-0.25, -0.2) is 4.98 Å². The summed E-state index contributed by atoms with van der Waals surface area (Å²) < 4.78 is 0. The van der Waals surface area contributed by atoms with Gasteiger partial charge in [0.15, 0.2) is 0 Å². The van der Waals surface area contributed by atoms with Crippen molar-refractivity contribution in [2.24, 2.45) is 0 Å². The second kappa shape index (κ2) is 8.94. The molecule has 0 saturated heterocycles. The minimum Gasteiger partial charge on any atom is -0.352 e. The maximum atomic E-state index is 11.2. The first-order valence-electron chi connectivity index (χ1n) is 9.24. The number of benzene rings is 1. The number of anilines is 4. The maximum absolute atomic E-state index is 11.2. The van der Waals surface area contributed by atoms with Crippen LogP contribution < -0.4 is 16.0 Å². The quantitative estimate of drug-likeness (QED) is 0.564. The topological polar surface area (TPSA) is 91.8 Å². The molecule has 0 aliphatic heterocycles. The average Bonchev–Trinajstić information content (AvgIpc) is 2.69. The largest absolute Gasteiger partial charge is 0.352 e. The Hall–Kier alpha value is -3.48. The van der Waals surface area contributed by atoms with Crippen molar-refractivity contribution in [2.45, 2.75) is 33.2 Å². The van der Waals surface area contributed by atoms with Gasteiger partial charge < -0.3 is 16.0 Å². The van der Waals surface area contributed by atoms with Crippen LogP contribution in [-0.4, -0.2) is 26.9 Å². The summed E-state index contributed by atoms with van der Waals surface area (Å²) in [5.74, 6) is 1.15. The van der Waals surface area contributed by atoms with E-state index in [0.29, 0.717) is 11.8 Å². The summed E-state index contributed by atoms with van der Waals surface area (Å²) >= 11 is 0. The molecule has 1 amide bonds. The van der Waals surface area contributed by atoms with Crippen LogP contribution in [0.1, 0.15) is 27.2 Å². The Morgan fingerprint density at radius 1 is 1.04 bits per heavy atom. The highest BCUT2D eigenvalue weighted by atomic mass is 16.1. The van der Waals surface area contributed by atoms with Crippen LogP contribution in [0.15, 0.2) is 54.9 Å². The van der Waals surface area contributed by atoms with Crippen molar-refractivity contribution in [1.82, 2.24) is 15.0 Å². The van der Waals surface area contributed by atoms with Crippen LogP contribution in [0.3, 0.4) is 0 Å². The second-order valence-corrected chi connectivity index (χ2v) is 6.54. The van der Waals surface area contributed by atoms with Crippen molar-refractivity contribution in [3.63, 3.8) is 0 Å². The molecule has 7 nitrogen and oxygen atoms in total. The van der Waals surface area contributed by atoms with Crippen molar-refractivity contribution in [1.29, 1.82) is 0 Å².